The molecule has 0 saturated heterocycles. The van der Waals surface area contributed by atoms with Gasteiger partial charge in [0, 0.05) is 12.6 Å². The maximum atomic E-state index is 3.77. The monoisotopic (exact) mass is 259 g/mol. The van der Waals surface area contributed by atoms with Gasteiger partial charge in [0.15, 0.2) is 0 Å². The van der Waals surface area contributed by atoms with Gasteiger partial charge in [-0.25, -0.2) is 0 Å². The minimum Gasteiger partial charge on any atom is -0.310 e. The number of hydrogen-bond donors (Lipinski definition) is 1. The summed E-state index contributed by atoms with van der Waals surface area (Å²) < 4.78 is 0. The van der Waals surface area contributed by atoms with Crippen molar-refractivity contribution in [1.29, 1.82) is 0 Å². The molecule has 1 aromatic carbocycles. The van der Waals surface area contributed by atoms with Gasteiger partial charge in [0.1, 0.15) is 0 Å². The Kier molecular flexibility index (Phi) is 5.45. The fourth-order valence-electron chi connectivity index (χ4n) is 3.31. The van der Waals surface area contributed by atoms with Crippen molar-refractivity contribution in [3.8, 4) is 0 Å². The predicted octanol–water partition coefficient (Wildman–Crippen LogP) is 4.75. The van der Waals surface area contributed by atoms with E-state index in [4.69, 9.17) is 0 Å². The number of hydrogen-bond acceptors (Lipinski definition) is 1. The average molecular weight is 259 g/mol. The summed E-state index contributed by atoms with van der Waals surface area (Å²) in [5.74, 6) is 1.00. The summed E-state index contributed by atoms with van der Waals surface area (Å²) in [6.07, 6.45) is 8.39. The van der Waals surface area contributed by atoms with E-state index in [0.717, 1.165) is 18.5 Å². The standard InChI is InChI=1S/C18H29N/c1-4-5-16-8-10-18(11-9-16)19-13-17-12-14(2)6-7-15(17)3/h6-7,12,16,18-19H,4-5,8-11,13H2,1-3H3. The Morgan fingerprint density at radius 1 is 1.11 bits per heavy atom. The van der Waals surface area contributed by atoms with Crippen LogP contribution in [-0.2, 0) is 6.54 Å². The molecule has 1 fully saturated rings. The Balaban J connectivity index is 1.79. The average Bonchev–Trinajstić information content (AvgIpc) is 2.42. The van der Waals surface area contributed by atoms with E-state index in [2.05, 4.69) is 44.3 Å². The summed E-state index contributed by atoms with van der Waals surface area (Å²) in [6.45, 7) is 7.75. The van der Waals surface area contributed by atoms with Crippen molar-refractivity contribution in [1.82, 2.24) is 5.32 Å². The van der Waals surface area contributed by atoms with Crippen molar-refractivity contribution in [2.24, 2.45) is 5.92 Å². The van der Waals surface area contributed by atoms with Gasteiger partial charge in [0.25, 0.3) is 0 Å². The fourth-order valence-corrected chi connectivity index (χ4v) is 3.31. The van der Waals surface area contributed by atoms with Crippen LogP contribution in [0.2, 0.25) is 0 Å². The Morgan fingerprint density at radius 3 is 2.53 bits per heavy atom. The van der Waals surface area contributed by atoms with Crippen LogP contribution in [0, 0.1) is 19.8 Å². The highest BCUT2D eigenvalue weighted by Crippen LogP contribution is 2.27. The lowest BCUT2D eigenvalue weighted by Crippen LogP contribution is -2.32. The quantitative estimate of drug-likeness (QED) is 0.804. The molecule has 1 aliphatic carbocycles. The van der Waals surface area contributed by atoms with Gasteiger partial charge in [-0.1, -0.05) is 43.5 Å². The molecule has 1 saturated carbocycles. The Bertz CT molecular complexity index is 389. The molecule has 0 atom stereocenters. The molecule has 2 rings (SSSR count). The summed E-state index contributed by atoms with van der Waals surface area (Å²) in [4.78, 5) is 0. The highest BCUT2D eigenvalue weighted by molar-refractivity contribution is 5.30. The maximum Gasteiger partial charge on any atom is 0.0210 e. The van der Waals surface area contributed by atoms with Gasteiger partial charge in [-0.05, 0) is 56.6 Å². The second kappa shape index (κ2) is 7.09. The minimum atomic E-state index is 0.744. The van der Waals surface area contributed by atoms with Crippen LogP contribution in [0.1, 0.15) is 62.1 Å². The zero-order chi connectivity index (χ0) is 13.7. The molecule has 1 aliphatic rings. The van der Waals surface area contributed by atoms with Gasteiger partial charge in [-0.3, -0.25) is 0 Å². The van der Waals surface area contributed by atoms with E-state index >= 15 is 0 Å². The molecule has 0 bridgehead atoms. The molecule has 0 amide bonds. The van der Waals surface area contributed by atoms with Gasteiger partial charge in [-0.15, -0.1) is 0 Å². The first kappa shape index (κ1) is 14.6. The molecule has 0 radical (unpaired) electrons. The molecular formula is C18H29N. The first-order chi connectivity index (χ1) is 9.19. The first-order valence-electron chi connectivity index (χ1n) is 7.98. The van der Waals surface area contributed by atoms with Crippen molar-refractivity contribution in [2.75, 3.05) is 0 Å². The van der Waals surface area contributed by atoms with Gasteiger partial charge >= 0.3 is 0 Å². The van der Waals surface area contributed by atoms with Crippen molar-refractivity contribution in [2.45, 2.75) is 71.9 Å². The first-order valence-corrected chi connectivity index (χ1v) is 7.98. The number of rotatable bonds is 5. The number of aryl methyl sites for hydroxylation is 2. The third-order valence-electron chi connectivity index (χ3n) is 4.63. The second-order valence-corrected chi connectivity index (χ2v) is 6.32. The van der Waals surface area contributed by atoms with E-state index in [1.807, 2.05) is 0 Å². The molecule has 0 aromatic heterocycles. The Hall–Kier alpha value is -0.820. The maximum absolute atomic E-state index is 3.77. The van der Waals surface area contributed by atoms with Crippen molar-refractivity contribution in [3.63, 3.8) is 0 Å². The van der Waals surface area contributed by atoms with Crippen LogP contribution in [0.4, 0.5) is 0 Å². The number of benzene rings is 1. The van der Waals surface area contributed by atoms with Crippen LogP contribution < -0.4 is 5.32 Å². The topological polar surface area (TPSA) is 12.0 Å². The van der Waals surface area contributed by atoms with E-state index in [1.54, 1.807) is 0 Å². The summed E-state index contributed by atoms with van der Waals surface area (Å²) in [5, 5.41) is 3.77. The van der Waals surface area contributed by atoms with Crippen LogP contribution in [-0.4, -0.2) is 6.04 Å². The minimum absolute atomic E-state index is 0.744. The SMILES string of the molecule is CCCC1CCC(NCc2cc(C)ccc2C)CC1. The summed E-state index contributed by atoms with van der Waals surface area (Å²) >= 11 is 0. The highest BCUT2D eigenvalue weighted by Gasteiger charge is 2.20. The van der Waals surface area contributed by atoms with E-state index in [-0.39, 0.29) is 0 Å². The summed E-state index contributed by atoms with van der Waals surface area (Å²) in [5.41, 5.74) is 4.25. The van der Waals surface area contributed by atoms with Crippen LogP contribution in [0.25, 0.3) is 0 Å². The fraction of sp³-hybridized carbons (Fsp3) is 0.667. The van der Waals surface area contributed by atoms with Gasteiger partial charge in [0.05, 0.1) is 0 Å². The van der Waals surface area contributed by atoms with E-state index in [9.17, 15) is 0 Å². The largest absolute Gasteiger partial charge is 0.310 e. The summed E-state index contributed by atoms with van der Waals surface area (Å²) in [7, 11) is 0. The van der Waals surface area contributed by atoms with Crippen LogP contribution in [0.15, 0.2) is 18.2 Å². The van der Waals surface area contributed by atoms with Gasteiger partial charge in [0.2, 0.25) is 0 Å². The van der Waals surface area contributed by atoms with E-state index in [1.165, 1.54) is 55.2 Å². The second-order valence-electron chi connectivity index (χ2n) is 6.32. The Labute approximate surface area is 118 Å². The zero-order valence-corrected chi connectivity index (χ0v) is 12.8. The molecule has 0 spiro atoms. The number of nitrogens with one attached hydrogen (secondary N) is 1. The third kappa shape index (κ3) is 4.35. The third-order valence-corrected chi connectivity index (χ3v) is 4.63. The lowest BCUT2D eigenvalue weighted by molar-refractivity contribution is 0.277. The predicted molar refractivity (Wildman–Crippen MR) is 83.4 cm³/mol. The van der Waals surface area contributed by atoms with Crippen molar-refractivity contribution in [3.05, 3.63) is 34.9 Å². The molecule has 0 heterocycles. The molecule has 0 unspecified atom stereocenters. The molecule has 106 valence electrons. The zero-order valence-electron chi connectivity index (χ0n) is 12.8. The van der Waals surface area contributed by atoms with Crippen molar-refractivity contribution >= 4 is 0 Å². The molecule has 1 nitrogen and oxygen atoms in total. The van der Waals surface area contributed by atoms with E-state index in [0.29, 0.717) is 0 Å². The highest BCUT2D eigenvalue weighted by atomic mass is 14.9. The lowest BCUT2D eigenvalue weighted by atomic mass is 9.83. The van der Waals surface area contributed by atoms with E-state index < -0.39 is 0 Å². The molecule has 19 heavy (non-hydrogen) atoms. The molecule has 1 aromatic rings. The smallest absolute Gasteiger partial charge is 0.0210 e. The normalized spacial score (nSPS) is 23.5. The summed E-state index contributed by atoms with van der Waals surface area (Å²) in [6, 6.07) is 7.51. The molecular weight excluding hydrogens is 230 g/mol. The Morgan fingerprint density at radius 2 is 1.84 bits per heavy atom. The van der Waals surface area contributed by atoms with Crippen molar-refractivity contribution < 1.29 is 0 Å². The molecule has 1 N–H and O–H groups in total. The lowest BCUT2D eigenvalue weighted by Gasteiger charge is -2.29. The molecule has 1 heteroatoms. The van der Waals surface area contributed by atoms with Crippen LogP contribution in [0.3, 0.4) is 0 Å². The molecule has 0 aliphatic heterocycles. The van der Waals surface area contributed by atoms with Crippen LogP contribution in [0.5, 0.6) is 0 Å². The van der Waals surface area contributed by atoms with Crippen LogP contribution >= 0.6 is 0 Å². The van der Waals surface area contributed by atoms with Gasteiger partial charge < -0.3 is 5.32 Å². The van der Waals surface area contributed by atoms with Gasteiger partial charge in [-0.2, -0.15) is 0 Å².